The summed E-state index contributed by atoms with van der Waals surface area (Å²) >= 11 is 3.31. The predicted molar refractivity (Wildman–Crippen MR) is 72.4 cm³/mol. The molecule has 3 N–H and O–H groups in total. The molecule has 86 valence electrons. The minimum absolute atomic E-state index is 0.697. The minimum atomic E-state index is 0.697. The van der Waals surface area contributed by atoms with Crippen LogP contribution in [0.4, 0.5) is 5.82 Å². The van der Waals surface area contributed by atoms with Crippen molar-refractivity contribution < 1.29 is 0 Å². The van der Waals surface area contributed by atoms with Crippen LogP contribution in [0.15, 0.2) is 29.0 Å². The van der Waals surface area contributed by atoms with Crippen molar-refractivity contribution in [3.8, 4) is 0 Å². The van der Waals surface area contributed by atoms with Crippen LogP contribution in [0, 0.1) is 0 Å². The Morgan fingerprint density at radius 1 is 1.18 bits per heavy atom. The molecule has 0 bridgehead atoms. The first kappa shape index (κ1) is 10.6. The highest BCUT2D eigenvalue weighted by Gasteiger charge is 2.08. The molecule has 0 aliphatic rings. The zero-order valence-corrected chi connectivity index (χ0v) is 10.5. The number of hydrazine groups is 1. The van der Waals surface area contributed by atoms with Gasteiger partial charge in [-0.1, -0.05) is 6.07 Å². The number of nitrogens with two attached hydrogens (primary N) is 1. The number of fused-ring (bicyclic) bond motifs is 1. The Balaban J connectivity index is 2.04. The highest BCUT2D eigenvalue weighted by atomic mass is 32.1. The summed E-state index contributed by atoms with van der Waals surface area (Å²) < 4.78 is 0. The van der Waals surface area contributed by atoms with Crippen molar-refractivity contribution in [2.45, 2.75) is 6.42 Å². The molecule has 0 radical (unpaired) electrons. The molecular formula is C11H10N4S2. The van der Waals surface area contributed by atoms with Gasteiger partial charge in [-0.05, 0) is 22.9 Å². The first-order valence-electron chi connectivity index (χ1n) is 5.10. The summed E-state index contributed by atoms with van der Waals surface area (Å²) in [6, 6.07) is 6.10. The number of hydrogen-bond acceptors (Lipinski definition) is 6. The van der Waals surface area contributed by atoms with Gasteiger partial charge in [0.05, 0.1) is 5.39 Å². The molecule has 0 aromatic carbocycles. The second-order valence-corrected chi connectivity index (χ2v) is 5.46. The van der Waals surface area contributed by atoms with Gasteiger partial charge < -0.3 is 5.43 Å². The van der Waals surface area contributed by atoms with Gasteiger partial charge >= 0.3 is 0 Å². The van der Waals surface area contributed by atoms with Crippen LogP contribution < -0.4 is 11.3 Å². The van der Waals surface area contributed by atoms with E-state index in [0.717, 1.165) is 22.5 Å². The quantitative estimate of drug-likeness (QED) is 0.562. The average Bonchev–Trinajstić information content (AvgIpc) is 2.98. The molecule has 6 heteroatoms. The summed E-state index contributed by atoms with van der Waals surface area (Å²) in [5.41, 5.74) is 2.64. The third kappa shape index (κ3) is 2.02. The fourth-order valence-corrected chi connectivity index (χ4v) is 3.14. The SMILES string of the molecule is NNc1nc(Cc2cccs2)nc2sccc12. The molecule has 0 fully saturated rings. The number of nitrogens with zero attached hydrogens (tertiary/aromatic N) is 2. The maximum absolute atomic E-state index is 5.48. The summed E-state index contributed by atoms with van der Waals surface area (Å²) in [4.78, 5) is 11.2. The van der Waals surface area contributed by atoms with Crippen LogP contribution in [0.5, 0.6) is 0 Å². The van der Waals surface area contributed by atoms with Crippen molar-refractivity contribution >= 4 is 38.7 Å². The Morgan fingerprint density at radius 2 is 2.12 bits per heavy atom. The zero-order valence-electron chi connectivity index (χ0n) is 8.88. The Kier molecular flexibility index (Phi) is 2.76. The molecule has 3 rings (SSSR count). The van der Waals surface area contributed by atoms with E-state index in [1.807, 2.05) is 17.5 Å². The van der Waals surface area contributed by atoms with E-state index in [9.17, 15) is 0 Å². The minimum Gasteiger partial charge on any atom is -0.308 e. The van der Waals surface area contributed by atoms with Gasteiger partial charge in [0.15, 0.2) is 5.82 Å². The van der Waals surface area contributed by atoms with Crippen molar-refractivity contribution in [3.05, 3.63) is 39.7 Å². The van der Waals surface area contributed by atoms with E-state index in [-0.39, 0.29) is 0 Å². The molecule has 4 nitrogen and oxygen atoms in total. The van der Waals surface area contributed by atoms with E-state index in [1.165, 1.54) is 4.88 Å². The Hall–Kier alpha value is -1.50. The number of nitrogen functional groups attached to an aromatic ring is 1. The maximum Gasteiger partial charge on any atom is 0.152 e. The summed E-state index contributed by atoms with van der Waals surface area (Å²) in [7, 11) is 0. The molecule has 3 heterocycles. The van der Waals surface area contributed by atoms with E-state index in [4.69, 9.17) is 5.84 Å². The molecule has 0 amide bonds. The largest absolute Gasteiger partial charge is 0.308 e. The lowest BCUT2D eigenvalue weighted by molar-refractivity contribution is 1.01. The lowest BCUT2D eigenvalue weighted by Crippen LogP contribution is -2.10. The van der Waals surface area contributed by atoms with Crippen molar-refractivity contribution in [2.75, 3.05) is 5.43 Å². The number of thiophene rings is 2. The fraction of sp³-hybridized carbons (Fsp3) is 0.0909. The van der Waals surface area contributed by atoms with Crippen molar-refractivity contribution in [1.29, 1.82) is 0 Å². The zero-order chi connectivity index (χ0) is 11.7. The molecule has 0 saturated carbocycles. The van der Waals surface area contributed by atoms with Crippen LogP contribution in [0.3, 0.4) is 0 Å². The van der Waals surface area contributed by atoms with Gasteiger partial charge in [0.2, 0.25) is 0 Å². The topological polar surface area (TPSA) is 63.8 Å². The molecule has 0 saturated heterocycles. The second-order valence-electron chi connectivity index (χ2n) is 3.53. The summed E-state index contributed by atoms with van der Waals surface area (Å²) in [6.07, 6.45) is 0.750. The Morgan fingerprint density at radius 3 is 2.88 bits per heavy atom. The van der Waals surface area contributed by atoms with Crippen LogP contribution in [0.25, 0.3) is 10.2 Å². The van der Waals surface area contributed by atoms with E-state index in [0.29, 0.717) is 5.82 Å². The van der Waals surface area contributed by atoms with Crippen molar-refractivity contribution in [3.63, 3.8) is 0 Å². The van der Waals surface area contributed by atoms with Crippen molar-refractivity contribution in [2.24, 2.45) is 5.84 Å². The number of hydrogen-bond donors (Lipinski definition) is 2. The standard InChI is InChI=1S/C11H10N4S2/c12-15-10-8-3-5-17-11(8)14-9(13-10)6-7-2-1-4-16-7/h1-5H,6,12H2,(H,13,14,15). The molecule has 17 heavy (non-hydrogen) atoms. The van der Waals surface area contributed by atoms with Gasteiger partial charge in [0.1, 0.15) is 10.7 Å². The molecule has 3 aromatic heterocycles. The normalized spacial score (nSPS) is 10.9. The van der Waals surface area contributed by atoms with Crippen LogP contribution in [0.2, 0.25) is 0 Å². The number of nitrogens with one attached hydrogen (secondary N) is 1. The summed E-state index contributed by atoms with van der Waals surface area (Å²) in [5, 5.41) is 5.03. The van der Waals surface area contributed by atoms with Gasteiger partial charge in [-0.2, -0.15) is 0 Å². The fourth-order valence-electron chi connectivity index (χ4n) is 1.66. The first-order valence-corrected chi connectivity index (χ1v) is 6.86. The highest BCUT2D eigenvalue weighted by molar-refractivity contribution is 7.16. The van der Waals surface area contributed by atoms with Gasteiger partial charge in [-0.25, -0.2) is 15.8 Å². The van der Waals surface area contributed by atoms with Crippen LogP contribution >= 0.6 is 22.7 Å². The number of rotatable bonds is 3. The monoisotopic (exact) mass is 262 g/mol. The van der Waals surface area contributed by atoms with Gasteiger partial charge in [-0.15, -0.1) is 22.7 Å². The molecular weight excluding hydrogens is 252 g/mol. The van der Waals surface area contributed by atoms with Crippen LogP contribution in [-0.4, -0.2) is 9.97 Å². The molecule has 3 aromatic rings. The third-order valence-corrected chi connectivity index (χ3v) is 4.10. The molecule has 0 atom stereocenters. The van der Waals surface area contributed by atoms with Gasteiger partial charge in [0, 0.05) is 11.3 Å². The van der Waals surface area contributed by atoms with Gasteiger partial charge in [-0.3, -0.25) is 0 Å². The average molecular weight is 262 g/mol. The second kappa shape index (κ2) is 4.40. The lowest BCUT2D eigenvalue weighted by atomic mass is 10.3. The molecule has 0 spiro atoms. The summed E-state index contributed by atoms with van der Waals surface area (Å²) in [5.74, 6) is 6.98. The molecule has 0 aliphatic carbocycles. The van der Waals surface area contributed by atoms with Crippen LogP contribution in [-0.2, 0) is 6.42 Å². The van der Waals surface area contributed by atoms with E-state index in [1.54, 1.807) is 22.7 Å². The molecule has 0 unspecified atom stereocenters. The van der Waals surface area contributed by atoms with E-state index < -0.39 is 0 Å². The van der Waals surface area contributed by atoms with E-state index in [2.05, 4.69) is 26.8 Å². The van der Waals surface area contributed by atoms with E-state index >= 15 is 0 Å². The maximum atomic E-state index is 5.48. The van der Waals surface area contributed by atoms with Crippen LogP contribution in [0.1, 0.15) is 10.7 Å². The Bertz CT molecular complexity index is 630. The third-order valence-electron chi connectivity index (χ3n) is 2.42. The Labute approximate surface area is 106 Å². The highest BCUT2D eigenvalue weighted by Crippen LogP contribution is 2.25. The lowest BCUT2D eigenvalue weighted by Gasteiger charge is -2.04. The molecule has 0 aliphatic heterocycles. The number of anilines is 1. The first-order chi connectivity index (χ1) is 8.36. The summed E-state index contributed by atoms with van der Waals surface area (Å²) in [6.45, 7) is 0. The van der Waals surface area contributed by atoms with Gasteiger partial charge in [0.25, 0.3) is 0 Å². The predicted octanol–water partition coefficient (Wildman–Crippen LogP) is 2.63. The number of aromatic nitrogens is 2. The smallest absolute Gasteiger partial charge is 0.152 e. The van der Waals surface area contributed by atoms with Crippen molar-refractivity contribution in [1.82, 2.24) is 9.97 Å².